The van der Waals surface area contributed by atoms with Crippen molar-refractivity contribution < 1.29 is 0 Å². The maximum Gasteiger partial charge on any atom is 0.122 e. The van der Waals surface area contributed by atoms with Crippen LogP contribution in [0.15, 0.2) is 23.0 Å². The van der Waals surface area contributed by atoms with E-state index in [2.05, 4.69) is 15.1 Å². The number of nitrogens with one attached hydrogen (secondary N) is 1. The van der Waals surface area contributed by atoms with E-state index in [1.807, 2.05) is 35.2 Å². The topological polar surface area (TPSA) is 96.6 Å². The Morgan fingerprint density at radius 3 is 1.71 bits per heavy atom. The van der Waals surface area contributed by atoms with Crippen molar-refractivity contribution in [1.82, 2.24) is 15.1 Å². The minimum Gasteiger partial charge on any atom is -0.399 e. The molecular weight excluding hydrogens is 216 g/mol. The maximum absolute atomic E-state index is 5.72. The molecule has 0 aliphatic rings. The van der Waals surface area contributed by atoms with E-state index in [9.17, 15) is 0 Å². The molecule has 7 N–H and O–H groups in total. The van der Waals surface area contributed by atoms with Crippen molar-refractivity contribution in [3.63, 3.8) is 0 Å². The predicted octanol–water partition coefficient (Wildman–Crippen LogP) is -0.676. The second kappa shape index (κ2) is 6.78. The van der Waals surface area contributed by atoms with Gasteiger partial charge in [0.2, 0.25) is 0 Å². The molecule has 0 fully saturated rings. The molecule has 0 saturated carbocycles. The van der Waals surface area contributed by atoms with Gasteiger partial charge >= 0.3 is 0 Å². The Labute approximate surface area is 104 Å². The SMILES string of the molecule is CNC(CCC(N)=C(N)N)=C(N(C)C)N(C)C. The van der Waals surface area contributed by atoms with Gasteiger partial charge in [0.1, 0.15) is 11.6 Å². The molecule has 0 aliphatic carbocycles. The Hall–Kier alpha value is -1.72. The standard InChI is InChI=1S/C11H26N6/c1-15-9(7-6-8(12)10(13)14)11(16(2)3)17(4)5/h15H,6-7,12-14H2,1-5H3. The lowest BCUT2D eigenvalue weighted by Crippen LogP contribution is -2.30. The van der Waals surface area contributed by atoms with E-state index in [-0.39, 0.29) is 5.82 Å². The summed E-state index contributed by atoms with van der Waals surface area (Å²) in [6.07, 6.45) is 1.41. The molecule has 0 aromatic rings. The fourth-order valence-electron chi connectivity index (χ4n) is 1.69. The van der Waals surface area contributed by atoms with Gasteiger partial charge in [-0.05, 0) is 12.8 Å². The minimum atomic E-state index is 0.205. The van der Waals surface area contributed by atoms with E-state index < -0.39 is 0 Å². The second-order valence-corrected chi connectivity index (χ2v) is 4.32. The first-order valence-corrected chi connectivity index (χ1v) is 5.56. The first-order chi connectivity index (χ1) is 7.81. The fourth-order valence-corrected chi connectivity index (χ4v) is 1.69. The average Bonchev–Trinajstić information content (AvgIpc) is 2.21. The van der Waals surface area contributed by atoms with Gasteiger partial charge in [-0.2, -0.15) is 0 Å². The van der Waals surface area contributed by atoms with Gasteiger partial charge in [-0.25, -0.2) is 0 Å². The first-order valence-electron chi connectivity index (χ1n) is 5.56. The van der Waals surface area contributed by atoms with Crippen LogP contribution in [0, 0.1) is 0 Å². The summed E-state index contributed by atoms with van der Waals surface area (Å²) in [6.45, 7) is 0. The normalized spacial score (nSPS) is 9.47. The highest BCUT2D eigenvalue weighted by atomic mass is 15.3. The summed E-state index contributed by atoms with van der Waals surface area (Å²) >= 11 is 0. The molecule has 0 saturated heterocycles. The molecule has 6 heteroatoms. The lowest BCUT2D eigenvalue weighted by Gasteiger charge is -2.28. The van der Waals surface area contributed by atoms with Gasteiger partial charge in [0, 0.05) is 40.9 Å². The Bertz CT molecular complexity index is 289. The fraction of sp³-hybridized carbons (Fsp3) is 0.636. The van der Waals surface area contributed by atoms with Crippen molar-refractivity contribution in [2.45, 2.75) is 12.8 Å². The van der Waals surface area contributed by atoms with Crippen LogP contribution >= 0.6 is 0 Å². The number of nitrogens with zero attached hydrogens (tertiary/aromatic N) is 2. The summed E-state index contributed by atoms with van der Waals surface area (Å²) in [5, 5.41) is 3.20. The molecule has 0 aromatic carbocycles. The summed E-state index contributed by atoms with van der Waals surface area (Å²) in [5.41, 5.74) is 18.2. The predicted molar refractivity (Wildman–Crippen MR) is 72.3 cm³/mol. The average molecular weight is 242 g/mol. The molecule has 0 bridgehead atoms. The van der Waals surface area contributed by atoms with Crippen molar-refractivity contribution in [3.05, 3.63) is 23.0 Å². The molecule has 0 aliphatic heterocycles. The first kappa shape index (κ1) is 15.3. The van der Waals surface area contributed by atoms with E-state index in [1.54, 1.807) is 0 Å². The number of nitrogens with two attached hydrogens (primary N) is 3. The third kappa shape index (κ3) is 4.76. The molecule has 0 aromatic heterocycles. The highest BCUT2D eigenvalue weighted by Crippen LogP contribution is 2.14. The van der Waals surface area contributed by atoms with Crippen molar-refractivity contribution >= 4 is 0 Å². The number of hydrogen-bond acceptors (Lipinski definition) is 6. The molecule has 100 valence electrons. The second-order valence-electron chi connectivity index (χ2n) is 4.32. The largest absolute Gasteiger partial charge is 0.399 e. The van der Waals surface area contributed by atoms with Crippen LogP contribution in [0.3, 0.4) is 0 Å². The lowest BCUT2D eigenvalue weighted by atomic mass is 10.2. The molecule has 6 nitrogen and oxygen atoms in total. The highest BCUT2D eigenvalue weighted by Gasteiger charge is 2.10. The molecule has 0 heterocycles. The molecule has 17 heavy (non-hydrogen) atoms. The van der Waals surface area contributed by atoms with E-state index in [0.29, 0.717) is 12.1 Å². The van der Waals surface area contributed by atoms with Crippen LogP contribution in [0.25, 0.3) is 0 Å². The van der Waals surface area contributed by atoms with E-state index in [4.69, 9.17) is 17.2 Å². The summed E-state index contributed by atoms with van der Waals surface area (Å²) in [5.74, 6) is 1.31. The molecule has 0 unspecified atom stereocenters. The summed E-state index contributed by atoms with van der Waals surface area (Å²) in [4.78, 5) is 4.11. The van der Waals surface area contributed by atoms with Gasteiger partial charge in [0.05, 0.1) is 5.70 Å². The van der Waals surface area contributed by atoms with Crippen LogP contribution in [0.2, 0.25) is 0 Å². The van der Waals surface area contributed by atoms with E-state index in [0.717, 1.165) is 17.9 Å². The monoisotopic (exact) mass is 242 g/mol. The zero-order valence-electron chi connectivity index (χ0n) is 11.5. The Kier molecular flexibility index (Phi) is 6.09. The molecule has 0 rings (SSSR count). The van der Waals surface area contributed by atoms with Crippen LogP contribution in [0.4, 0.5) is 0 Å². The van der Waals surface area contributed by atoms with Gasteiger partial charge in [0.25, 0.3) is 0 Å². The number of rotatable bonds is 6. The van der Waals surface area contributed by atoms with Crippen LogP contribution in [-0.4, -0.2) is 45.0 Å². The lowest BCUT2D eigenvalue weighted by molar-refractivity contribution is 0.329. The van der Waals surface area contributed by atoms with Gasteiger partial charge < -0.3 is 32.3 Å². The minimum absolute atomic E-state index is 0.205. The summed E-state index contributed by atoms with van der Waals surface area (Å²) < 4.78 is 0. The molecule has 0 radical (unpaired) electrons. The van der Waals surface area contributed by atoms with Crippen LogP contribution < -0.4 is 22.5 Å². The zero-order valence-corrected chi connectivity index (χ0v) is 11.5. The van der Waals surface area contributed by atoms with Crippen LogP contribution in [0.1, 0.15) is 12.8 Å². The Balaban J connectivity index is 4.92. The van der Waals surface area contributed by atoms with Crippen molar-refractivity contribution in [2.24, 2.45) is 17.2 Å². The zero-order chi connectivity index (χ0) is 13.6. The molecule has 0 atom stereocenters. The van der Waals surface area contributed by atoms with E-state index in [1.165, 1.54) is 0 Å². The molecule has 0 spiro atoms. The quantitative estimate of drug-likeness (QED) is 0.493. The van der Waals surface area contributed by atoms with Gasteiger partial charge in [-0.1, -0.05) is 0 Å². The summed E-state index contributed by atoms with van der Waals surface area (Å²) in [7, 11) is 9.91. The smallest absolute Gasteiger partial charge is 0.122 e. The summed E-state index contributed by atoms with van der Waals surface area (Å²) in [6, 6.07) is 0. The van der Waals surface area contributed by atoms with Crippen LogP contribution in [0.5, 0.6) is 0 Å². The van der Waals surface area contributed by atoms with Crippen molar-refractivity contribution in [2.75, 3.05) is 35.2 Å². The third-order valence-corrected chi connectivity index (χ3v) is 2.43. The van der Waals surface area contributed by atoms with Gasteiger partial charge in [-0.3, -0.25) is 0 Å². The third-order valence-electron chi connectivity index (χ3n) is 2.43. The Morgan fingerprint density at radius 1 is 0.941 bits per heavy atom. The number of allylic oxidation sites excluding steroid dienone is 2. The Morgan fingerprint density at radius 2 is 1.41 bits per heavy atom. The highest BCUT2D eigenvalue weighted by molar-refractivity contribution is 5.12. The van der Waals surface area contributed by atoms with Gasteiger partial charge in [0.15, 0.2) is 0 Å². The van der Waals surface area contributed by atoms with Gasteiger partial charge in [-0.15, -0.1) is 0 Å². The number of hydrogen-bond donors (Lipinski definition) is 4. The van der Waals surface area contributed by atoms with Crippen molar-refractivity contribution in [1.29, 1.82) is 0 Å². The van der Waals surface area contributed by atoms with Crippen LogP contribution in [-0.2, 0) is 0 Å². The molecular formula is C11H26N6. The maximum atomic E-state index is 5.72. The van der Waals surface area contributed by atoms with Crippen molar-refractivity contribution in [3.8, 4) is 0 Å². The molecule has 0 amide bonds. The van der Waals surface area contributed by atoms with E-state index >= 15 is 0 Å².